The van der Waals surface area contributed by atoms with Crippen molar-refractivity contribution in [3.63, 3.8) is 0 Å². The molecule has 0 unspecified atom stereocenters. The molecule has 88 valence electrons. The molecule has 0 saturated carbocycles. The summed E-state index contributed by atoms with van der Waals surface area (Å²) < 4.78 is 0. The largest absolute Gasteiger partial charge is 0.399 e. The molecule has 0 saturated heterocycles. The molecule has 1 aromatic carbocycles. The minimum Gasteiger partial charge on any atom is -0.399 e. The van der Waals surface area contributed by atoms with Crippen LogP contribution >= 0.6 is 0 Å². The van der Waals surface area contributed by atoms with Gasteiger partial charge in [0.15, 0.2) is 5.78 Å². The maximum Gasteiger partial charge on any atom is 0.164 e. The predicted octanol–water partition coefficient (Wildman–Crippen LogP) is 0.766. The third-order valence-corrected chi connectivity index (χ3v) is 2.43. The molecule has 3 N–H and O–H groups in total. The van der Waals surface area contributed by atoms with E-state index in [2.05, 4.69) is 0 Å². The Labute approximate surface area is 95.7 Å². The number of carbonyl (C=O) groups excluding carboxylic acids is 1. The molecule has 0 radical (unpaired) electrons. The van der Waals surface area contributed by atoms with Gasteiger partial charge < -0.3 is 15.7 Å². The first-order valence-electron chi connectivity index (χ1n) is 5.31. The van der Waals surface area contributed by atoms with E-state index in [1.54, 1.807) is 24.3 Å². The number of nitrogens with zero attached hydrogens (tertiary/aromatic N) is 1. The van der Waals surface area contributed by atoms with E-state index in [0.717, 1.165) is 0 Å². The van der Waals surface area contributed by atoms with Gasteiger partial charge in [0, 0.05) is 30.8 Å². The number of nitrogen functional groups attached to an aromatic ring is 1. The second-order valence-electron chi connectivity index (χ2n) is 3.82. The molecule has 4 nitrogen and oxygen atoms in total. The molecule has 0 amide bonds. The summed E-state index contributed by atoms with van der Waals surface area (Å²) in [6.07, 6.45) is 0.459. The Morgan fingerprint density at radius 1 is 1.31 bits per heavy atom. The number of aliphatic hydroxyl groups excluding tert-OH is 1. The number of anilines is 1. The summed E-state index contributed by atoms with van der Waals surface area (Å²) in [6.45, 7) is 1.37. The van der Waals surface area contributed by atoms with Gasteiger partial charge in [-0.3, -0.25) is 4.79 Å². The van der Waals surface area contributed by atoms with Gasteiger partial charge in [0.05, 0.1) is 6.61 Å². The van der Waals surface area contributed by atoms with E-state index >= 15 is 0 Å². The molecular formula is C12H18N2O2. The van der Waals surface area contributed by atoms with E-state index in [4.69, 9.17) is 10.8 Å². The summed E-state index contributed by atoms with van der Waals surface area (Å²) in [6, 6.07) is 6.93. The highest BCUT2D eigenvalue weighted by molar-refractivity contribution is 5.96. The fourth-order valence-electron chi connectivity index (χ4n) is 1.39. The van der Waals surface area contributed by atoms with Gasteiger partial charge in [-0.2, -0.15) is 0 Å². The normalized spacial score (nSPS) is 10.7. The van der Waals surface area contributed by atoms with Gasteiger partial charge in [-0.25, -0.2) is 0 Å². The molecule has 0 spiro atoms. The maximum absolute atomic E-state index is 11.7. The molecule has 0 aliphatic heterocycles. The third-order valence-electron chi connectivity index (χ3n) is 2.43. The van der Waals surface area contributed by atoms with Gasteiger partial charge in [-0.15, -0.1) is 0 Å². The van der Waals surface area contributed by atoms with Crippen molar-refractivity contribution < 1.29 is 9.90 Å². The van der Waals surface area contributed by atoms with Crippen LogP contribution in [0, 0.1) is 0 Å². The number of rotatable bonds is 6. The van der Waals surface area contributed by atoms with Crippen LogP contribution in [0.15, 0.2) is 24.3 Å². The van der Waals surface area contributed by atoms with Crippen molar-refractivity contribution in [3.05, 3.63) is 29.8 Å². The lowest BCUT2D eigenvalue weighted by Gasteiger charge is -2.13. The van der Waals surface area contributed by atoms with Gasteiger partial charge in [0.25, 0.3) is 0 Å². The van der Waals surface area contributed by atoms with Crippen LogP contribution in [0.2, 0.25) is 0 Å². The zero-order valence-corrected chi connectivity index (χ0v) is 9.52. The quantitative estimate of drug-likeness (QED) is 0.551. The van der Waals surface area contributed by atoms with Gasteiger partial charge in [-0.1, -0.05) is 0 Å². The summed E-state index contributed by atoms with van der Waals surface area (Å²) in [7, 11) is 1.88. The number of ketones is 1. The summed E-state index contributed by atoms with van der Waals surface area (Å²) in [5.74, 6) is 0.102. The summed E-state index contributed by atoms with van der Waals surface area (Å²) >= 11 is 0. The average Bonchev–Trinajstić information content (AvgIpc) is 2.27. The number of benzene rings is 1. The fourth-order valence-corrected chi connectivity index (χ4v) is 1.39. The SMILES string of the molecule is CN(CCO)CCC(=O)c1ccc(N)cc1. The maximum atomic E-state index is 11.7. The van der Waals surface area contributed by atoms with Crippen molar-refractivity contribution in [2.24, 2.45) is 0 Å². The molecule has 0 atom stereocenters. The molecule has 0 fully saturated rings. The molecule has 4 heteroatoms. The highest BCUT2D eigenvalue weighted by Gasteiger charge is 2.06. The topological polar surface area (TPSA) is 66.6 Å². The van der Waals surface area contributed by atoms with E-state index < -0.39 is 0 Å². The highest BCUT2D eigenvalue weighted by Crippen LogP contribution is 2.08. The first-order valence-corrected chi connectivity index (χ1v) is 5.31. The fraction of sp³-hybridized carbons (Fsp3) is 0.417. The van der Waals surface area contributed by atoms with Crippen LogP contribution in [0.4, 0.5) is 5.69 Å². The Kier molecular flexibility index (Phi) is 4.95. The summed E-state index contributed by atoms with van der Waals surface area (Å²) in [5.41, 5.74) is 6.89. The van der Waals surface area contributed by atoms with Crippen molar-refractivity contribution in [1.82, 2.24) is 4.90 Å². The lowest BCUT2D eigenvalue weighted by molar-refractivity contribution is 0.0964. The summed E-state index contributed by atoms with van der Waals surface area (Å²) in [4.78, 5) is 13.7. The van der Waals surface area contributed by atoms with Crippen LogP contribution in [0.1, 0.15) is 16.8 Å². The Balaban J connectivity index is 2.43. The molecule has 0 aromatic heterocycles. The predicted molar refractivity (Wildman–Crippen MR) is 64.4 cm³/mol. The number of nitrogens with two attached hydrogens (primary N) is 1. The molecular weight excluding hydrogens is 204 g/mol. The molecule has 0 aliphatic carbocycles. The van der Waals surface area contributed by atoms with Gasteiger partial charge in [0.1, 0.15) is 0 Å². The van der Waals surface area contributed by atoms with Crippen LogP contribution in [0.5, 0.6) is 0 Å². The first kappa shape index (κ1) is 12.7. The lowest BCUT2D eigenvalue weighted by atomic mass is 10.1. The zero-order valence-electron chi connectivity index (χ0n) is 9.52. The molecule has 16 heavy (non-hydrogen) atoms. The van der Waals surface area contributed by atoms with Crippen molar-refractivity contribution in [2.75, 3.05) is 32.5 Å². The molecule has 0 heterocycles. The first-order chi connectivity index (χ1) is 7.63. The number of hydrogen-bond acceptors (Lipinski definition) is 4. The summed E-state index contributed by atoms with van der Waals surface area (Å²) in [5, 5.41) is 8.71. The van der Waals surface area contributed by atoms with Gasteiger partial charge >= 0.3 is 0 Å². The van der Waals surface area contributed by atoms with E-state index in [1.807, 2.05) is 11.9 Å². The molecule has 1 aromatic rings. The van der Waals surface area contributed by atoms with E-state index in [9.17, 15) is 4.79 Å². The minimum atomic E-state index is 0.102. The van der Waals surface area contributed by atoms with Crippen LogP contribution < -0.4 is 5.73 Å². The standard InChI is InChI=1S/C12H18N2O2/c1-14(8-9-15)7-6-12(16)10-2-4-11(13)5-3-10/h2-5,15H,6-9,13H2,1H3. The Hall–Kier alpha value is -1.39. The van der Waals surface area contributed by atoms with Crippen molar-refractivity contribution in [3.8, 4) is 0 Å². The van der Waals surface area contributed by atoms with E-state index in [1.165, 1.54) is 0 Å². The Morgan fingerprint density at radius 3 is 2.50 bits per heavy atom. The average molecular weight is 222 g/mol. The zero-order chi connectivity index (χ0) is 12.0. The van der Waals surface area contributed by atoms with Crippen LogP contribution in [-0.2, 0) is 0 Å². The third kappa shape index (κ3) is 4.00. The van der Waals surface area contributed by atoms with Crippen molar-refractivity contribution >= 4 is 11.5 Å². The lowest BCUT2D eigenvalue weighted by Crippen LogP contribution is -2.24. The second kappa shape index (κ2) is 6.25. The number of hydrogen-bond donors (Lipinski definition) is 2. The van der Waals surface area contributed by atoms with Crippen molar-refractivity contribution in [1.29, 1.82) is 0 Å². The van der Waals surface area contributed by atoms with Crippen LogP contribution in [0.3, 0.4) is 0 Å². The van der Waals surface area contributed by atoms with E-state index in [0.29, 0.717) is 30.8 Å². The molecule has 1 rings (SSSR count). The second-order valence-corrected chi connectivity index (χ2v) is 3.82. The Bertz CT molecular complexity index is 335. The smallest absolute Gasteiger partial charge is 0.164 e. The molecule has 0 aliphatic rings. The minimum absolute atomic E-state index is 0.102. The van der Waals surface area contributed by atoms with Crippen LogP contribution in [0.25, 0.3) is 0 Å². The number of aliphatic hydroxyl groups is 1. The van der Waals surface area contributed by atoms with Gasteiger partial charge in [-0.05, 0) is 31.3 Å². The van der Waals surface area contributed by atoms with Gasteiger partial charge in [0.2, 0.25) is 0 Å². The number of likely N-dealkylation sites (N-methyl/N-ethyl adjacent to an activating group) is 1. The van der Waals surface area contributed by atoms with Crippen molar-refractivity contribution in [2.45, 2.75) is 6.42 Å². The monoisotopic (exact) mass is 222 g/mol. The number of carbonyl (C=O) groups is 1. The Morgan fingerprint density at radius 2 is 1.94 bits per heavy atom. The molecule has 0 bridgehead atoms. The van der Waals surface area contributed by atoms with E-state index in [-0.39, 0.29) is 12.4 Å². The number of Topliss-reactive ketones (excluding diaryl/α,β-unsaturated/α-hetero) is 1. The highest BCUT2D eigenvalue weighted by atomic mass is 16.3. The van der Waals surface area contributed by atoms with Crippen LogP contribution in [-0.4, -0.2) is 42.5 Å².